The van der Waals surface area contributed by atoms with Crippen LogP contribution < -0.4 is 21.9 Å². The number of amides is 1. The molecule has 0 spiro atoms. The number of nitrogen functional groups attached to an aromatic ring is 1. The highest BCUT2D eigenvalue weighted by Gasteiger charge is 2.11. The van der Waals surface area contributed by atoms with Crippen LogP contribution in [0.25, 0.3) is 0 Å². The molecule has 122 valence electrons. The van der Waals surface area contributed by atoms with Crippen molar-refractivity contribution in [1.29, 1.82) is 0 Å². The molecule has 8 heteroatoms. The smallest absolute Gasteiger partial charge is 0.269 e. The van der Waals surface area contributed by atoms with E-state index in [0.29, 0.717) is 22.9 Å². The lowest BCUT2D eigenvalue weighted by Gasteiger charge is -2.16. The van der Waals surface area contributed by atoms with Gasteiger partial charge >= 0.3 is 0 Å². The highest BCUT2D eigenvalue weighted by atomic mass is 79.9. The van der Waals surface area contributed by atoms with Crippen molar-refractivity contribution in [1.82, 2.24) is 15.4 Å². The summed E-state index contributed by atoms with van der Waals surface area (Å²) < 4.78 is 0.905. The summed E-state index contributed by atoms with van der Waals surface area (Å²) in [5.41, 5.74) is 12.2. The highest BCUT2D eigenvalue weighted by molar-refractivity contribution is 9.10. The van der Waals surface area contributed by atoms with Gasteiger partial charge in [-0.2, -0.15) is 0 Å². The fourth-order valence-corrected chi connectivity index (χ4v) is 2.00. The van der Waals surface area contributed by atoms with Crippen LogP contribution in [0.4, 0.5) is 17.3 Å². The van der Waals surface area contributed by atoms with Crippen LogP contribution in [-0.2, 0) is 0 Å². The topological polar surface area (TPSA) is 105 Å². The summed E-state index contributed by atoms with van der Waals surface area (Å²) in [5, 5.41) is 3.19. The third-order valence-electron chi connectivity index (χ3n) is 3.28. The minimum absolute atomic E-state index is 0.234. The number of hydrogen-bond donors (Lipinski definition) is 4. The number of carbonyl (C=O) groups excluding carboxylic acids is 1. The number of benzene rings is 1. The van der Waals surface area contributed by atoms with Crippen molar-refractivity contribution in [3.63, 3.8) is 0 Å². The molecule has 0 aliphatic carbocycles. The number of nitrogens with zero attached hydrogens (tertiary/aromatic N) is 2. The zero-order chi connectivity index (χ0) is 16.8. The number of carbonyl (C=O) groups is 1. The fraction of sp³-hybridized carbons (Fsp3) is 0.267. The Hall–Kier alpha value is -2.35. The van der Waals surface area contributed by atoms with E-state index in [1.807, 2.05) is 6.92 Å². The first-order chi connectivity index (χ1) is 11.0. The van der Waals surface area contributed by atoms with Gasteiger partial charge in [0.1, 0.15) is 12.0 Å². The van der Waals surface area contributed by atoms with Crippen molar-refractivity contribution in [2.45, 2.75) is 26.3 Å². The van der Waals surface area contributed by atoms with Gasteiger partial charge < -0.3 is 11.1 Å². The van der Waals surface area contributed by atoms with Gasteiger partial charge in [0.05, 0.1) is 0 Å². The monoisotopic (exact) mass is 378 g/mol. The molecule has 23 heavy (non-hydrogen) atoms. The molecule has 7 nitrogen and oxygen atoms in total. The van der Waals surface area contributed by atoms with Crippen molar-refractivity contribution >= 4 is 39.2 Å². The van der Waals surface area contributed by atoms with Gasteiger partial charge in [-0.15, -0.1) is 0 Å². The number of hydrogen-bond acceptors (Lipinski definition) is 6. The quantitative estimate of drug-likeness (QED) is 0.576. The Morgan fingerprint density at radius 3 is 2.57 bits per heavy atom. The van der Waals surface area contributed by atoms with E-state index in [2.05, 4.69) is 49.0 Å². The van der Waals surface area contributed by atoms with Crippen molar-refractivity contribution in [2.75, 3.05) is 16.5 Å². The predicted octanol–water partition coefficient (Wildman–Crippen LogP) is 2.79. The molecule has 1 heterocycles. The Morgan fingerprint density at radius 1 is 1.26 bits per heavy atom. The Balaban J connectivity index is 2.04. The molecule has 1 atom stereocenters. The van der Waals surface area contributed by atoms with Crippen LogP contribution in [0.15, 0.2) is 35.1 Å². The summed E-state index contributed by atoms with van der Waals surface area (Å²) >= 11 is 3.33. The predicted molar refractivity (Wildman–Crippen MR) is 95.1 cm³/mol. The van der Waals surface area contributed by atoms with Crippen LogP contribution in [0.5, 0.6) is 0 Å². The van der Waals surface area contributed by atoms with E-state index in [1.165, 1.54) is 6.33 Å². The standard InChI is InChI=1S/C15H19BrN6O/c1-3-9(2)20-13-12(17)14(19-8-18-13)21-22-15(23)10-4-6-11(16)7-5-10/h4-9H,3,17H2,1-2H3,(H,22,23)(H2,18,19,20,21). The summed E-state index contributed by atoms with van der Waals surface area (Å²) in [4.78, 5) is 20.2. The Morgan fingerprint density at radius 2 is 1.91 bits per heavy atom. The van der Waals surface area contributed by atoms with E-state index in [9.17, 15) is 4.79 Å². The zero-order valence-electron chi connectivity index (χ0n) is 12.9. The molecule has 0 saturated heterocycles. The maximum Gasteiger partial charge on any atom is 0.269 e. The van der Waals surface area contributed by atoms with E-state index in [-0.39, 0.29) is 11.9 Å². The molecule has 0 saturated carbocycles. The molecule has 0 radical (unpaired) electrons. The maximum absolute atomic E-state index is 12.1. The first-order valence-corrected chi connectivity index (χ1v) is 7.99. The molecule has 0 aliphatic heterocycles. The molecule has 0 aliphatic rings. The molecule has 1 unspecified atom stereocenters. The zero-order valence-corrected chi connectivity index (χ0v) is 14.5. The van der Waals surface area contributed by atoms with Crippen LogP contribution in [0.3, 0.4) is 0 Å². The maximum atomic E-state index is 12.1. The summed E-state index contributed by atoms with van der Waals surface area (Å²) in [6.45, 7) is 4.09. The second-order valence-corrected chi connectivity index (χ2v) is 5.94. The third-order valence-corrected chi connectivity index (χ3v) is 3.81. The molecule has 1 aromatic carbocycles. The molecule has 5 N–H and O–H groups in total. The average molecular weight is 379 g/mol. The Bertz CT molecular complexity index is 676. The number of halogens is 1. The first-order valence-electron chi connectivity index (χ1n) is 7.20. The summed E-state index contributed by atoms with van der Waals surface area (Å²) in [6, 6.07) is 7.24. The second kappa shape index (κ2) is 7.77. The number of nitrogens with two attached hydrogens (primary N) is 1. The number of aromatic nitrogens is 2. The van der Waals surface area contributed by atoms with Crippen LogP contribution in [0.1, 0.15) is 30.6 Å². The van der Waals surface area contributed by atoms with Gasteiger partial charge in [0.2, 0.25) is 0 Å². The highest BCUT2D eigenvalue weighted by Crippen LogP contribution is 2.22. The van der Waals surface area contributed by atoms with E-state index in [1.54, 1.807) is 24.3 Å². The Labute approximate surface area is 143 Å². The first kappa shape index (κ1) is 17.0. The van der Waals surface area contributed by atoms with Crippen LogP contribution in [-0.4, -0.2) is 21.9 Å². The van der Waals surface area contributed by atoms with Gasteiger partial charge in [-0.25, -0.2) is 9.97 Å². The normalized spacial score (nSPS) is 11.6. The number of hydrazine groups is 1. The molecule has 2 aromatic rings. The Kier molecular flexibility index (Phi) is 5.75. The van der Waals surface area contributed by atoms with Gasteiger partial charge in [-0.3, -0.25) is 15.6 Å². The van der Waals surface area contributed by atoms with Crippen molar-refractivity contribution in [2.24, 2.45) is 0 Å². The lowest BCUT2D eigenvalue weighted by Crippen LogP contribution is -2.30. The summed E-state index contributed by atoms with van der Waals surface area (Å²) in [5.74, 6) is 0.595. The average Bonchev–Trinajstić information content (AvgIpc) is 2.55. The van der Waals surface area contributed by atoms with Gasteiger partial charge in [0.25, 0.3) is 5.91 Å². The largest absolute Gasteiger partial charge is 0.393 e. The molecular formula is C15H19BrN6O. The molecule has 1 amide bonds. The van der Waals surface area contributed by atoms with Gasteiger partial charge in [-0.1, -0.05) is 22.9 Å². The number of rotatable bonds is 6. The molecule has 1 aromatic heterocycles. The molecule has 0 bridgehead atoms. The van der Waals surface area contributed by atoms with Crippen LogP contribution >= 0.6 is 15.9 Å². The molecular weight excluding hydrogens is 360 g/mol. The second-order valence-electron chi connectivity index (χ2n) is 5.02. The van der Waals surface area contributed by atoms with Crippen LogP contribution in [0.2, 0.25) is 0 Å². The minimum atomic E-state index is -0.285. The van der Waals surface area contributed by atoms with Crippen molar-refractivity contribution in [3.8, 4) is 0 Å². The van der Waals surface area contributed by atoms with E-state index < -0.39 is 0 Å². The van der Waals surface area contributed by atoms with Gasteiger partial charge in [0, 0.05) is 16.1 Å². The van der Waals surface area contributed by atoms with Gasteiger partial charge in [-0.05, 0) is 37.6 Å². The summed E-state index contributed by atoms with van der Waals surface area (Å²) in [7, 11) is 0. The molecule has 2 rings (SSSR count). The van der Waals surface area contributed by atoms with E-state index in [4.69, 9.17) is 5.73 Å². The number of anilines is 3. The van der Waals surface area contributed by atoms with Crippen molar-refractivity contribution < 1.29 is 4.79 Å². The lowest BCUT2D eigenvalue weighted by atomic mass is 10.2. The minimum Gasteiger partial charge on any atom is -0.393 e. The number of nitrogens with one attached hydrogen (secondary N) is 3. The fourth-order valence-electron chi connectivity index (χ4n) is 1.74. The van der Waals surface area contributed by atoms with Crippen LogP contribution in [0, 0.1) is 0 Å². The molecule has 0 fully saturated rings. The third kappa shape index (κ3) is 4.56. The van der Waals surface area contributed by atoms with E-state index >= 15 is 0 Å². The van der Waals surface area contributed by atoms with Crippen molar-refractivity contribution in [3.05, 3.63) is 40.6 Å². The van der Waals surface area contributed by atoms with E-state index in [0.717, 1.165) is 10.9 Å². The summed E-state index contributed by atoms with van der Waals surface area (Å²) in [6.07, 6.45) is 2.32. The SMILES string of the molecule is CCC(C)Nc1ncnc(NNC(=O)c2ccc(Br)cc2)c1N. The van der Waals surface area contributed by atoms with Gasteiger partial charge in [0.15, 0.2) is 11.6 Å². The lowest BCUT2D eigenvalue weighted by molar-refractivity contribution is 0.0962.